The van der Waals surface area contributed by atoms with Gasteiger partial charge in [-0.25, -0.2) is 0 Å². The smallest absolute Gasteiger partial charge is 0.234 e. The number of nitrogens with zero attached hydrogens (tertiary/aromatic N) is 3. The Bertz CT molecular complexity index is 1020. The molecule has 31 heavy (non-hydrogen) atoms. The number of carbonyl (C=O) groups is 1. The Balaban J connectivity index is 1.57. The van der Waals surface area contributed by atoms with Crippen molar-refractivity contribution in [3.63, 3.8) is 0 Å². The fourth-order valence-corrected chi connectivity index (χ4v) is 3.92. The molecule has 3 rings (SSSR count). The van der Waals surface area contributed by atoms with Crippen molar-refractivity contribution < 1.29 is 9.53 Å². The fourth-order valence-electron chi connectivity index (χ4n) is 3.10. The molecule has 1 amide bonds. The molecule has 0 fully saturated rings. The molecule has 0 saturated carbocycles. The highest BCUT2D eigenvalue weighted by atomic mass is 32.2. The summed E-state index contributed by atoms with van der Waals surface area (Å²) >= 11 is 1.37. The summed E-state index contributed by atoms with van der Waals surface area (Å²) in [7, 11) is 0. The molecule has 1 heterocycles. The van der Waals surface area contributed by atoms with Gasteiger partial charge in [-0.15, -0.1) is 10.2 Å². The predicted molar refractivity (Wildman–Crippen MR) is 126 cm³/mol. The number of nitrogens with one attached hydrogen (secondary N) is 1. The molecule has 2 aromatic carbocycles. The number of rotatable bonds is 8. The monoisotopic (exact) mass is 438 g/mol. The second-order valence-electron chi connectivity index (χ2n) is 8.41. The molecule has 0 bridgehead atoms. The van der Waals surface area contributed by atoms with E-state index < -0.39 is 0 Å². The summed E-state index contributed by atoms with van der Waals surface area (Å²) in [6, 6.07) is 15.9. The quantitative estimate of drug-likeness (QED) is 0.489. The van der Waals surface area contributed by atoms with Crippen molar-refractivity contribution in [1.82, 2.24) is 14.8 Å². The maximum atomic E-state index is 12.3. The zero-order valence-electron chi connectivity index (χ0n) is 18.8. The van der Waals surface area contributed by atoms with Gasteiger partial charge < -0.3 is 14.6 Å². The van der Waals surface area contributed by atoms with E-state index in [1.54, 1.807) is 0 Å². The van der Waals surface area contributed by atoms with Crippen LogP contribution in [-0.2, 0) is 23.4 Å². The first-order valence-corrected chi connectivity index (χ1v) is 11.4. The highest BCUT2D eigenvalue weighted by molar-refractivity contribution is 7.99. The largest absolute Gasteiger partial charge is 0.486 e. The Morgan fingerprint density at radius 1 is 1.13 bits per heavy atom. The lowest BCUT2D eigenvalue weighted by atomic mass is 9.87. The van der Waals surface area contributed by atoms with Gasteiger partial charge in [0.15, 0.2) is 11.0 Å². The highest BCUT2D eigenvalue weighted by Crippen LogP contribution is 2.25. The van der Waals surface area contributed by atoms with Gasteiger partial charge in [0.05, 0.1) is 5.75 Å². The van der Waals surface area contributed by atoms with Crippen LogP contribution in [0, 0.1) is 6.92 Å². The van der Waals surface area contributed by atoms with Crippen molar-refractivity contribution in [3.05, 3.63) is 65.5 Å². The van der Waals surface area contributed by atoms with E-state index in [-0.39, 0.29) is 17.1 Å². The summed E-state index contributed by atoms with van der Waals surface area (Å²) in [5.74, 6) is 1.73. The lowest BCUT2D eigenvalue weighted by Gasteiger charge is -2.19. The standard InChI is InChI=1S/C24H30N4O2S/c1-6-28-21(15-30-20-12-10-18(11-13-20)24(3,4)5)26-27-23(28)31-16-22(29)25-19-9-7-8-17(2)14-19/h7-14H,6,15-16H2,1-5H3,(H,25,29). The molecule has 1 N–H and O–H groups in total. The normalized spacial score (nSPS) is 11.4. The molecule has 1 aromatic heterocycles. The number of hydrogen-bond donors (Lipinski definition) is 1. The van der Waals surface area contributed by atoms with Gasteiger partial charge in [0, 0.05) is 12.2 Å². The second-order valence-corrected chi connectivity index (χ2v) is 9.35. The summed E-state index contributed by atoms with van der Waals surface area (Å²) in [5, 5.41) is 12.2. The molecular formula is C24H30N4O2S. The third kappa shape index (κ3) is 6.34. The van der Waals surface area contributed by atoms with Crippen LogP contribution in [0.5, 0.6) is 5.75 Å². The number of thioether (sulfide) groups is 1. The van der Waals surface area contributed by atoms with Crippen LogP contribution in [0.1, 0.15) is 44.6 Å². The molecule has 164 valence electrons. The minimum Gasteiger partial charge on any atom is -0.486 e. The molecule has 0 spiro atoms. The molecule has 0 aliphatic heterocycles. The number of carbonyl (C=O) groups excluding carboxylic acids is 1. The third-order valence-corrected chi connectivity index (χ3v) is 5.80. The van der Waals surface area contributed by atoms with Crippen LogP contribution in [0.25, 0.3) is 0 Å². The van der Waals surface area contributed by atoms with Gasteiger partial charge in [0.25, 0.3) is 0 Å². The van der Waals surface area contributed by atoms with E-state index in [1.165, 1.54) is 17.3 Å². The summed E-state index contributed by atoms with van der Waals surface area (Å²) in [5.41, 5.74) is 3.28. The average molecular weight is 439 g/mol. The van der Waals surface area contributed by atoms with Crippen molar-refractivity contribution in [3.8, 4) is 5.75 Å². The van der Waals surface area contributed by atoms with Gasteiger partial charge in [-0.2, -0.15) is 0 Å². The molecule has 3 aromatic rings. The molecule has 0 atom stereocenters. The minimum absolute atomic E-state index is 0.0713. The first kappa shape index (κ1) is 22.9. The number of aryl methyl sites for hydroxylation is 1. The third-order valence-electron chi connectivity index (χ3n) is 4.83. The summed E-state index contributed by atoms with van der Waals surface area (Å²) in [6.07, 6.45) is 0. The number of amides is 1. The summed E-state index contributed by atoms with van der Waals surface area (Å²) in [6.45, 7) is 11.6. The van der Waals surface area contributed by atoms with Gasteiger partial charge in [-0.1, -0.05) is 56.8 Å². The molecular weight excluding hydrogens is 408 g/mol. The predicted octanol–water partition coefficient (Wildman–Crippen LogP) is 5.21. The van der Waals surface area contributed by atoms with E-state index in [0.29, 0.717) is 18.3 Å². The maximum absolute atomic E-state index is 12.3. The first-order valence-electron chi connectivity index (χ1n) is 10.4. The Morgan fingerprint density at radius 2 is 1.87 bits per heavy atom. The summed E-state index contributed by atoms with van der Waals surface area (Å²) in [4.78, 5) is 12.3. The summed E-state index contributed by atoms with van der Waals surface area (Å²) < 4.78 is 7.90. The van der Waals surface area contributed by atoms with E-state index in [9.17, 15) is 4.79 Å². The average Bonchev–Trinajstić information content (AvgIpc) is 3.12. The number of ether oxygens (including phenoxy) is 1. The Hall–Kier alpha value is -2.80. The van der Waals surface area contributed by atoms with Gasteiger partial charge in [0.2, 0.25) is 5.91 Å². The van der Waals surface area contributed by atoms with Crippen molar-refractivity contribution in [1.29, 1.82) is 0 Å². The van der Waals surface area contributed by atoms with Crippen LogP contribution in [0.15, 0.2) is 53.7 Å². The lowest BCUT2D eigenvalue weighted by Crippen LogP contribution is -2.15. The van der Waals surface area contributed by atoms with Gasteiger partial charge >= 0.3 is 0 Å². The number of anilines is 1. The van der Waals surface area contributed by atoms with Crippen LogP contribution in [0.2, 0.25) is 0 Å². The van der Waals surface area contributed by atoms with E-state index in [0.717, 1.165) is 22.8 Å². The van der Waals surface area contributed by atoms with Crippen LogP contribution in [0.3, 0.4) is 0 Å². The highest BCUT2D eigenvalue weighted by Gasteiger charge is 2.15. The van der Waals surface area contributed by atoms with Crippen molar-refractivity contribution >= 4 is 23.4 Å². The SMILES string of the molecule is CCn1c(COc2ccc(C(C)(C)C)cc2)nnc1SCC(=O)Nc1cccc(C)c1. The van der Waals surface area contributed by atoms with Gasteiger partial charge in [-0.3, -0.25) is 4.79 Å². The minimum atomic E-state index is -0.0713. The van der Waals surface area contributed by atoms with Crippen molar-refractivity contribution in [2.24, 2.45) is 0 Å². The molecule has 0 saturated heterocycles. The zero-order chi connectivity index (χ0) is 22.4. The van der Waals surface area contributed by atoms with E-state index in [1.807, 2.05) is 54.8 Å². The number of benzene rings is 2. The van der Waals surface area contributed by atoms with Gasteiger partial charge in [-0.05, 0) is 54.7 Å². The number of aromatic nitrogens is 3. The van der Waals surface area contributed by atoms with Crippen LogP contribution in [0.4, 0.5) is 5.69 Å². The topological polar surface area (TPSA) is 69.0 Å². The molecule has 0 aliphatic rings. The molecule has 0 unspecified atom stereocenters. The Labute approximate surface area is 188 Å². The van der Waals surface area contributed by atoms with E-state index in [4.69, 9.17) is 4.74 Å². The van der Waals surface area contributed by atoms with E-state index in [2.05, 4.69) is 48.4 Å². The molecule has 0 radical (unpaired) electrons. The Morgan fingerprint density at radius 3 is 2.52 bits per heavy atom. The van der Waals surface area contributed by atoms with Crippen LogP contribution < -0.4 is 10.1 Å². The first-order chi connectivity index (χ1) is 14.8. The molecule has 0 aliphatic carbocycles. The van der Waals surface area contributed by atoms with Crippen molar-refractivity contribution in [2.45, 2.75) is 58.3 Å². The maximum Gasteiger partial charge on any atom is 0.234 e. The lowest BCUT2D eigenvalue weighted by molar-refractivity contribution is -0.113. The molecule has 7 heteroatoms. The van der Waals surface area contributed by atoms with Crippen molar-refractivity contribution in [2.75, 3.05) is 11.1 Å². The van der Waals surface area contributed by atoms with Gasteiger partial charge in [0.1, 0.15) is 12.4 Å². The fraction of sp³-hybridized carbons (Fsp3) is 0.375. The number of hydrogen-bond acceptors (Lipinski definition) is 5. The zero-order valence-corrected chi connectivity index (χ0v) is 19.6. The second kappa shape index (κ2) is 10.0. The van der Waals surface area contributed by atoms with Crippen LogP contribution in [-0.4, -0.2) is 26.4 Å². The molecule has 6 nitrogen and oxygen atoms in total. The van der Waals surface area contributed by atoms with Crippen LogP contribution >= 0.6 is 11.8 Å². The Kier molecular flexibility index (Phi) is 7.38. The van der Waals surface area contributed by atoms with E-state index >= 15 is 0 Å².